The van der Waals surface area contributed by atoms with Crippen LogP contribution in [0, 0.1) is 0 Å². The number of aliphatic hydroxyl groups is 1. The van der Waals surface area contributed by atoms with E-state index < -0.39 is 0 Å². The van der Waals surface area contributed by atoms with E-state index in [0.29, 0.717) is 12.4 Å². The lowest BCUT2D eigenvalue weighted by Crippen LogP contribution is -2.08. The van der Waals surface area contributed by atoms with Crippen molar-refractivity contribution in [1.29, 1.82) is 0 Å². The van der Waals surface area contributed by atoms with Crippen molar-refractivity contribution in [2.24, 2.45) is 7.05 Å². The van der Waals surface area contributed by atoms with Gasteiger partial charge in [-0.1, -0.05) is 34.1 Å². The monoisotopic (exact) mass is 332 g/mol. The Hall–Kier alpha value is -2.41. The average molecular weight is 332 g/mol. The van der Waals surface area contributed by atoms with Crippen LogP contribution in [0.3, 0.4) is 0 Å². The topological polar surface area (TPSA) is 80.3 Å². The van der Waals surface area contributed by atoms with Crippen LogP contribution in [0.1, 0.15) is 34.1 Å². The zero-order valence-corrected chi connectivity index (χ0v) is 15.2. The molecule has 3 aromatic rings. The summed E-state index contributed by atoms with van der Waals surface area (Å²) in [5.41, 5.74) is 2.68. The molecule has 0 atom stereocenters. The van der Waals surface area contributed by atoms with Gasteiger partial charge in [0.2, 0.25) is 0 Å². The predicted octanol–water partition coefficient (Wildman–Crippen LogP) is 2.98. The molecule has 7 heteroatoms. The molecular weight excluding hydrogens is 304 g/mol. The second-order valence-electron chi connectivity index (χ2n) is 4.87. The molecule has 0 saturated carbocycles. The summed E-state index contributed by atoms with van der Waals surface area (Å²) in [5, 5.41) is 16.1. The zero-order chi connectivity index (χ0) is 17.9. The molecule has 0 amide bonds. The largest absolute Gasteiger partial charge is 0.395 e. The molecule has 0 bridgehead atoms. The van der Waals surface area contributed by atoms with Crippen LogP contribution >= 0.6 is 0 Å². The lowest BCUT2D eigenvalue weighted by molar-refractivity contribution is 0.311. The molecule has 0 radical (unpaired) electrons. The highest BCUT2D eigenvalue weighted by Crippen LogP contribution is 2.22. The van der Waals surface area contributed by atoms with Crippen LogP contribution in [0.2, 0.25) is 0 Å². The van der Waals surface area contributed by atoms with E-state index >= 15 is 0 Å². The Morgan fingerprint density at radius 3 is 2.46 bits per heavy atom. The number of nitrogens with one attached hydrogen (secondary N) is 1. The molecule has 3 aromatic heterocycles. The van der Waals surface area contributed by atoms with E-state index in [4.69, 9.17) is 5.11 Å². The fourth-order valence-electron chi connectivity index (χ4n) is 1.99. The first kappa shape index (κ1) is 19.6. The minimum Gasteiger partial charge on any atom is -0.395 e. The molecule has 0 saturated heterocycles. The summed E-state index contributed by atoms with van der Waals surface area (Å²) in [7, 11) is 1.88. The van der Waals surface area contributed by atoms with Crippen LogP contribution in [0.15, 0.2) is 31.0 Å². The molecular formula is C17H28N6O. The molecule has 3 heterocycles. The summed E-state index contributed by atoms with van der Waals surface area (Å²) in [6.45, 7) is 8.75. The molecule has 2 N–H and O–H groups in total. The molecule has 0 aliphatic rings. The van der Waals surface area contributed by atoms with Gasteiger partial charge in [-0.15, -0.1) is 0 Å². The maximum absolute atomic E-state index is 8.86. The number of rotatable bonds is 4. The fraction of sp³-hybridized carbons (Fsp3) is 0.471. The van der Waals surface area contributed by atoms with Crippen molar-refractivity contribution in [2.75, 3.05) is 18.5 Å². The number of anilines is 1. The van der Waals surface area contributed by atoms with E-state index in [1.165, 1.54) is 6.42 Å². The second kappa shape index (κ2) is 10.4. The van der Waals surface area contributed by atoms with Gasteiger partial charge in [-0.3, -0.25) is 9.08 Å². The smallest absolute Gasteiger partial charge is 0.180 e. The summed E-state index contributed by atoms with van der Waals surface area (Å²) in [4.78, 5) is 8.61. The Bertz CT molecular complexity index is 719. The van der Waals surface area contributed by atoms with Gasteiger partial charge in [0.25, 0.3) is 0 Å². The lowest BCUT2D eigenvalue weighted by atomic mass is 10.3. The molecule has 0 aromatic carbocycles. The fourth-order valence-corrected chi connectivity index (χ4v) is 1.99. The van der Waals surface area contributed by atoms with Gasteiger partial charge >= 0.3 is 0 Å². The Labute approximate surface area is 143 Å². The first-order valence-corrected chi connectivity index (χ1v) is 8.37. The zero-order valence-electron chi connectivity index (χ0n) is 15.2. The average Bonchev–Trinajstić information content (AvgIpc) is 3.21. The Balaban J connectivity index is 0.000000521. The van der Waals surface area contributed by atoms with Crippen molar-refractivity contribution >= 4 is 11.5 Å². The van der Waals surface area contributed by atoms with Crippen LogP contribution in [0.5, 0.6) is 0 Å². The van der Waals surface area contributed by atoms with E-state index in [0.717, 1.165) is 16.9 Å². The van der Waals surface area contributed by atoms with Crippen LogP contribution in [0.25, 0.3) is 16.9 Å². The molecule has 0 fully saturated rings. The highest BCUT2D eigenvalue weighted by molar-refractivity contribution is 5.69. The molecule has 24 heavy (non-hydrogen) atoms. The molecule has 7 nitrogen and oxygen atoms in total. The molecule has 0 aliphatic heterocycles. The SMILES string of the molecule is CC.CCC.Cn1cc(-c2cnc3c(NCCO)nccn23)cn1. The highest BCUT2D eigenvalue weighted by atomic mass is 16.3. The third-order valence-electron chi connectivity index (χ3n) is 2.83. The minimum absolute atomic E-state index is 0.0545. The van der Waals surface area contributed by atoms with Crippen molar-refractivity contribution in [3.05, 3.63) is 31.0 Å². The number of nitrogens with zero attached hydrogens (tertiary/aromatic N) is 5. The van der Waals surface area contributed by atoms with Crippen molar-refractivity contribution in [1.82, 2.24) is 24.1 Å². The number of aromatic nitrogens is 5. The van der Waals surface area contributed by atoms with Gasteiger partial charge in [-0.2, -0.15) is 5.10 Å². The third kappa shape index (κ3) is 4.79. The van der Waals surface area contributed by atoms with Crippen LogP contribution < -0.4 is 5.32 Å². The lowest BCUT2D eigenvalue weighted by Gasteiger charge is -2.05. The number of fused-ring (bicyclic) bond motifs is 1. The van der Waals surface area contributed by atoms with E-state index in [1.54, 1.807) is 23.3 Å². The Morgan fingerprint density at radius 1 is 1.17 bits per heavy atom. The Morgan fingerprint density at radius 2 is 1.88 bits per heavy atom. The van der Waals surface area contributed by atoms with Gasteiger partial charge < -0.3 is 10.4 Å². The third-order valence-corrected chi connectivity index (χ3v) is 2.83. The van der Waals surface area contributed by atoms with Crippen molar-refractivity contribution in [3.63, 3.8) is 0 Å². The first-order valence-electron chi connectivity index (χ1n) is 8.37. The normalized spacial score (nSPS) is 9.75. The summed E-state index contributed by atoms with van der Waals surface area (Å²) in [6.07, 6.45) is 10.3. The highest BCUT2D eigenvalue weighted by Gasteiger charge is 2.10. The van der Waals surface area contributed by atoms with E-state index in [9.17, 15) is 0 Å². The maximum atomic E-state index is 8.86. The Kier molecular flexibility index (Phi) is 8.49. The van der Waals surface area contributed by atoms with Gasteiger partial charge in [-0.25, -0.2) is 9.97 Å². The summed E-state index contributed by atoms with van der Waals surface area (Å²) in [5.74, 6) is 0.659. The second-order valence-corrected chi connectivity index (χ2v) is 4.87. The quantitative estimate of drug-likeness (QED) is 0.768. The van der Waals surface area contributed by atoms with E-state index in [1.807, 2.05) is 37.7 Å². The van der Waals surface area contributed by atoms with Crippen LogP contribution in [-0.2, 0) is 7.05 Å². The van der Waals surface area contributed by atoms with Crippen molar-refractivity contribution in [2.45, 2.75) is 34.1 Å². The number of aryl methyl sites for hydroxylation is 1. The molecule has 3 rings (SSSR count). The predicted molar refractivity (Wildman–Crippen MR) is 98.1 cm³/mol. The summed E-state index contributed by atoms with van der Waals surface area (Å²) < 4.78 is 3.70. The van der Waals surface area contributed by atoms with Crippen molar-refractivity contribution in [3.8, 4) is 11.3 Å². The van der Waals surface area contributed by atoms with Crippen LogP contribution in [0.4, 0.5) is 5.82 Å². The van der Waals surface area contributed by atoms with Gasteiger partial charge in [-0.05, 0) is 0 Å². The van der Waals surface area contributed by atoms with E-state index in [2.05, 4.69) is 34.2 Å². The number of hydrogen-bond acceptors (Lipinski definition) is 5. The maximum Gasteiger partial charge on any atom is 0.180 e. The van der Waals surface area contributed by atoms with E-state index in [-0.39, 0.29) is 6.61 Å². The molecule has 0 spiro atoms. The van der Waals surface area contributed by atoms with Gasteiger partial charge in [0.05, 0.1) is 24.7 Å². The minimum atomic E-state index is 0.0545. The standard InChI is InChI=1S/C12H14N6O.C3H8.C2H6/c1-17-8-9(6-16-17)10-7-15-12-11(14-3-5-19)13-2-4-18(10)12;1-3-2;1-2/h2,4,6-8,19H,3,5H2,1H3,(H,13,14);3H2,1-2H3;1-2H3. The molecule has 0 unspecified atom stereocenters. The van der Waals surface area contributed by atoms with Crippen LogP contribution in [-0.4, -0.2) is 42.4 Å². The molecule has 132 valence electrons. The number of hydrogen-bond donors (Lipinski definition) is 2. The van der Waals surface area contributed by atoms with Gasteiger partial charge in [0.15, 0.2) is 11.5 Å². The number of aliphatic hydroxyl groups excluding tert-OH is 1. The summed E-state index contributed by atoms with van der Waals surface area (Å²) in [6, 6.07) is 0. The summed E-state index contributed by atoms with van der Waals surface area (Å²) >= 11 is 0. The number of imidazole rings is 1. The van der Waals surface area contributed by atoms with Crippen molar-refractivity contribution < 1.29 is 5.11 Å². The molecule has 0 aliphatic carbocycles. The van der Waals surface area contributed by atoms with Gasteiger partial charge in [0, 0.05) is 37.7 Å². The first-order chi connectivity index (χ1) is 11.7. The van der Waals surface area contributed by atoms with Gasteiger partial charge in [0.1, 0.15) is 0 Å².